The smallest absolute Gasteiger partial charge is 0.333 e. The third kappa shape index (κ3) is 7.96. The fraction of sp³-hybridized carbons (Fsp3) is 0.875. The molecule has 0 atom stereocenters. The minimum atomic E-state index is -4.32. The van der Waals surface area contributed by atoms with Gasteiger partial charge in [0.1, 0.15) is 6.54 Å². The molecule has 0 heterocycles. The molecule has 90 valence electrons. The molecule has 0 aromatic heterocycles. The lowest BCUT2D eigenvalue weighted by Crippen LogP contribution is -2.40. The normalized spacial score (nSPS) is 11.5. The molecular weight excluding hydrogens is 295 g/mol. The predicted molar refractivity (Wildman–Crippen MR) is 59.4 cm³/mol. The summed E-state index contributed by atoms with van der Waals surface area (Å²) in [6.45, 7) is -1.07. The van der Waals surface area contributed by atoms with Gasteiger partial charge < -0.3 is 4.90 Å². The Morgan fingerprint density at radius 1 is 1.47 bits per heavy atom. The van der Waals surface area contributed by atoms with E-state index in [0.29, 0.717) is 11.1 Å². The number of rotatable bonds is 6. The summed E-state index contributed by atoms with van der Waals surface area (Å²) >= 11 is 4.47. The summed E-state index contributed by atoms with van der Waals surface area (Å²) in [4.78, 5) is 12.2. The third-order valence-corrected chi connectivity index (χ3v) is 2.56. The fourth-order valence-electron chi connectivity index (χ4n) is 0.958. The highest BCUT2D eigenvalue weighted by Crippen LogP contribution is 2.17. The van der Waals surface area contributed by atoms with Gasteiger partial charge in [-0.1, -0.05) is 15.9 Å². The summed E-state index contributed by atoms with van der Waals surface area (Å²) in [5.41, 5.74) is 0. The van der Waals surface area contributed by atoms with Gasteiger partial charge in [0.15, 0.2) is 0 Å². The SMILES string of the molecule is CSCCC(=O)N(CCBr)CC(F)(F)F. The first-order valence-corrected chi connectivity index (χ1v) is 6.81. The van der Waals surface area contributed by atoms with Crippen molar-refractivity contribution < 1.29 is 18.0 Å². The third-order valence-electron chi connectivity index (χ3n) is 1.60. The molecule has 0 aromatic carbocycles. The Kier molecular flexibility index (Phi) is 7.42. The molecule has 0 saturated heterocycles. The van der Waals surface area contributed by atoms with E-state index in [1.807, 2.05) is 6.26 Å². The maximum absolute atomic E-state index is 12.1. The van der Waals surface area contributed by atoms with Crippen LogP contribution in [0, 0.1) is 0 Å². The van der Waals surface area contributed by atoms with Crippen molar-refractivity contribution in [3.8, 4) is 0 Å². The van der Waals surface area contributed by atoms with Crippen LogP contribution >= 0.6 is 27.7 Å². The van der Waals surface area contributed by atoms with Gasteiger partial charge in [-0.05, 0) is 6.26 Å². The molecule has 0 aromatic rings. The largest absolute Gasteiger partial charge is 0.406 e. The summed E-state index contributed by atoms with van der Waals surface area (Å²) in [6.07, 6.45) is -2.35. The topological polar surface area (TPSA) is 20.3 Å². The van der Waals surface area contributed by atoms with Crippen LogP contribution in [0.1, 0.15) is 6.42 Å². The Balaban J connectivity index is 4.18. The first-order valence-electron chi connectivity index (χ1n) is 4.30. The van der Waals surface area contributed by atoms with Crippen molar-refractivity contribution in [3.05, 3.63) is 0 Å². The van der Waals surface area contributed by atoms with Crippen LogP contribution in [0.2, 0.25) is 0 Å². The molecule has 0 unspecified atom stereocenters. The predicted octanol–water partition coefficient (Wildman–Crippen LogP) is 2.53. The minimum Gasteiger partial charge on any atom is -0.333 e. The summed E-state index contributed by atoms with van der Waals surface area (Å²) < 4.78 is 36.3. The number of carbonyl (C=O) groups excluding carboxylic acids is 1. The van der Waals surface area contributed by atoms with E-state index in [9.17, 15) is 18.0 Å². The molecule has 0 saturated carbocycles. The van der Waals surface area contributed by atoms with E-state index in [1.165, 1.54) is 11.8 Å². The molecule has 0 aliphatic rings. The number of hydrogen-bond acceptors (Lipinski definition) is 2. The quantitative estimate of drug-likeness (QED) is 0.703. The second-order valence-corrected chi connectivity index (χ2v) is 4.64. The van der Waals surface area contributed by atoms with Crippen molar-refractivity contribution in [2.75, 3.05) is 30.4 Å². The fourth-order valence-corrected chi connectivity index (χ4v) is 1.76. The van der Waals surface area contributed by atoms with E-state index in [0.717, 1.165) is 4.90 Å². The van der Waals surface area contributed by atoms with Crippen molar-refractivity contribution in [3.63, 3.8) is 0 Å². The lowest BCUT2D eigenvalue weighted by Gasteiger charge is -2.22. The maximum atomic E-state index is 12.1. The standard InChI is InChI=1S/C8H13BrF3NOS/c1-15-5-2-7(14)13(4-3-9)6-8(10,11)12/h2-6H2,1H3. The number of amides is 1. The lowest BCUT2D eigenvalue weighted by molar-refractivity contribution is -0.160. The van der Waals surface area contributed by atoms with Gasteiger partial charge in [0, 0.05) is 24.0 Å². The van der Waals surface area contributed by atoms with E-state index < -0.39 is 18.6 Å². The van der Waals surface area contributed by atoms with Gasteiger partial charge in [0.25, 0.3) is 0 Å². The van der Waals surface area contributed by atoms with Crippen LogP contribution in [0.4, 0.5) is 13.2 Å². The summed E-state index contributed by atoms with van der Waals surface area (Å²) in [6, 6.07) is 0. The van der Waals surface area contributed by atoms with Crippen molar-refractivity contribution >= 4 is 33.6 Å². The number of thioether (sulfide) groups is 1. The summed E-state index contributed by atoms with van der Waals surface area (Å²) in [5.74, 6) is 0.108. The van der Waals surface area contributed by atoms with Crippen molar-refractivity contribution in [2.24, 2.45) is 0 Å². The van der Waals surface area contributed by atoms with Crippen LogP contribution in [-0.2, 0) is 4.79 Å². The lowest BCUT2D eigenvalue weighted by atomic mass is 10.3. The van der Waals surface area contributed by atoms with Crippen LogP contribution in [0.3, 0.4) is 0 Å². The Labute approximate surface area is 99.7 Å². The highest BCUT2D eigenvalue weighted by atomic mass is 79.9. The van der Waals surface area contributed by atoms with Gasteiger partial charge in [0.2, 0.25) is 5.91 Å². The molecule has 2 nitrogen and oxygen atoms in total. The van der Waals surface area contributed by atoms with Crippen LogP contribution in [0.25, 0.3) is 0 Å². The van der Waals surface area contributed by atoms with Crippen molar-refractivity contribution in [1.29, 1.82) is 0 Å². The first kappa shape index (κ1) is 15.1. The zero-order valence-electron chi connectivity index (χ0n) is 8.31. The second-order valence-electron chi connectivity index (χ2n) is 2.86. The Hall–Kier alpha value is 0.0900. The number of hydrogen-bond donors (Lipinski definition) is 0. The summed E-state index contributed by atoms with van der Waals surface area (Å²) in [7, 11) is 0. The average molecular weight is 308 g/mol. The molecule has 0 rings (SSSR count). The van der Waals surface area contributed by atoms with Gasteiger partial charge in [0.05, 0.1) is 0 Å². The minimum absolute atomic E-state index is 0.0900. The van der Waals surface area contributed by atoms with E-state index >= 15 is 0 Å². The van der Waals surface area contributed by atoms with Crippen LogP contribution in [0.15, 0.2) is 0 Å². The summed E-state index contributed by atoms with van der Waals surface area (Å²) in [5, 5.41) is 0.355. The Bertz CT molecular complexity index is 201. The van der Waals surface area contributed by atoms with Crippen LogP contribution < -0.4 is 0 Å². The van der Waals surface area contributed by atoms with E-state index in [-0.39, 0.29) is 13.0 Å². The number of halogens is 4. The van der Waals surface area contributed by atoms with Gasteiger partial charge >= 0.3 is 6.18 Å². The van der Waals surface area contributed by atoms with Crippen LogP contribution in [-0.4, -0.2) is 47.4 Å². The van der Waals surface area contributed by atoms with Crippen molar-refractivity contribution in [2.45, 2.75) is 12.6 Å². The highest BCUT2D eigenvalue weighted by Gasteiger charge is 2.32. The van der Waals surface area contributed by atoms with Gasteiger partial charge in [-0.3, -0.25) is 4.79 Å². The first-order chi connectivity index (χ1) is 6.90. The van der Waals surface area contributed by atoms with E-state index in [1.54, 1.807) is 0 Å². The molecule has 0 aliphatic heterocycles. The number of carbonyl (C=O) groups is 1. The molecule has 0 bridgehead atoms. The molecule has 7 heteroatoms. The molecule has 1 amide bonds. The molecule has 15 heavy (non-hydrogen) atoms. The Morgan fingerprint density at radius 3 is 2.47 bits per heavy atom. The monoisotopic (exact) mass is 307 g/mol. The number of alkyl halides is 4. The molecule has 0 aliphatic carbocycles. The van der Waals surface area contributed by atoms with E-state index in [2.05, 4.69) is 15.9 Å². The molecule has 0 N–H and O–H groups in total. The van der Waals surface area contributed by atoms with E-state index in [4.69, 9.17) is 0 Å². The molecular formula is C8H13BrF3NOS. The average Bonchev–Trinajstić information content (AvgIpc) is 2.11. The molecule has 0 spiro atoms. The van der Waals surface area contributed by atoms with Gasteiger partial charge in [-0.25, -0.2) is 0 Å². The highest BCUT2D eigenvalue weighted by molar-refractivity contribution is 9.09. The maximum Gasteiger partial charge on any atom is 0.406 e. The van der Waals surface area contributed by atoms with Crippen molar-refractivity contribution in [1.82, 2.24) is 4.90 Å². The Morgan fingerprint density at radius 2 is 2.07 bits per heavy atom. The number of nitrogens with zero attached hydrogens (tertiary/aromatic N) is 1. The van der Waals surface area contributed by atoms with Crippen LogP contribution in [0.5, 0.6) is 0 Å². The molecule has 0 radical (unpaired) electrons. The second kappa shape index (κ2) is 7.38. The zero-order valence-corrected chi connectivity index (χ0v) is 10.7. The van der Waals surface area contributed by atoms with Gasteiger partial charge in [-0.2, -0.15) is 24.9 Å². The zero-order chi connectivity index (χ0) is 11.9. The molecule has 0 fully saturated rings. The van der Waals surface area contributed by atoms with Gasteiger partial charge in [-0.15, -0.1) is 0 Å².